The van der Waals surface area contributed by atoms with Gasteiger partial charge in [-0.05, 0) is 36.3 Å². The summed E-state index contributed by atoms with van der Waals surface area (Å²) in [4.78, 5) is 39.1. The second-order valence-corrected chi connectivity index (χ2v) is 7.75. The van der Waals surface area contributed by atoms with Crippen molar-refractivity contribution in [3.63, 3.8) is 0 Å². The van der Waals surface area contributed by atoms with Crippen LogP contribution in [0.3, 0.4) is 0 Å². The highest BCUT2D eigenvalue weighted by molar-refractivity contribution is 6.07. The molecule has 0 saturated carbocycles. The summed E-state index contributed by atoms with van der Waals surface area (Å²) in [7, 11) is 0. The second-order valence-electron chi connectivity index (χ2n) is 7.75. The number of imide groups is 1. The summed E-state index contributed by atoms with van der Waals surface area (Å²) in [5, 5.41) is 5.07. The first-order valence-electron chi connectivity index (χ1n) is 10.1. The van der Waals surface area contributed by atoms with Crippen molar-refractivity contribution in [1.29, 1.82) is 0 Å². The lowest BCUT2D eigenvalue weighted by atomic mass is 9.85. The van der Waals surface area contributed by atoms with Gasteiger partial charge in [-0.25, -0.2) is 4.79 Å². The minimum Gasteiger partial charge on any atom is -0.343 e. The Morgan fingerprint density at radius 3 is 2.17 bits per heavy atom. The van der Waals surface area contributed by atoms with Crippen molar-refractivity contribution in [3.8, 4) is 0 Å². The van der Waals surface area contributed by atoms with Crippen LogP contribution in [0.2, 0.25) is 0 Å². The highest BCUT2D eigenvalue weighted by Crippen LogP contribution is 2.32. The Labute approximate surface area is 170 Å². The number of hydrogen-bond acceptors (Lipinski definition) is 3. The summed E-state index contributed by atoms with van der Waals surface area (Å²) in [5.41, 5.74) is 0.836. The first-order chi connectivity index (χ1) is 14.1. The minimum absolute atomic E-state index is 0.0285. The Balaban J connectivity index is 1.39. The normalized spacial score (nSPS) is 22.3. The van der Waals surface area contributed by atoms with Crippen LogP contribution in [0.4, 0.5) is 4.79 Å². The lowest BCUT2D eigenvalue weighted by Crippen LogP contribution is -2.45. The van der Waals surface area contributed by atoms with Crippen molar-refractivity contribution in [2.45, 2.75) is 37.1 Å². The number of likely N-dealkylation sites (tertiary alicyclic amines) is 1. The quantitative estimate of drug-likeness (QED) is 0.770. The van der Waals surface area contributed by atoms with E-state index >= 15 is 0 Å². The summed E-state index contributed by atoms with van der Waals surface area (Å²) in [6.45, 7) is 1.44. The highest BCUT2D eigenvalue weighted by Gasteiger charge is 2.47. The molecule has 1 atom stereocenters. The summed E-state index contributed by atoms with van der Waals surface area (Å²) < 4.78 is 0. The van der Waals surface area contributed by atoms with Gasteiger partial charge in [0.1, 0.15) is 5.54 Å². The molecule has 0 spiro atoms. The monoisotopic (exact) mass is 391 g/mol. The van der Waals surface area contributed by atoms with Crippen molar-refractivity contribution in [1.82, 2.24) is 15.5 Å². The highest BCUT2D eigenvalue weighted by atomic mass is 16.2. The van der Waals surface area contributed by atoms with E-state index in [1.807, 2.05) is 29.2 Å². The van der Waals surface area contributed by atoms with Gasteiger partial charge in [-0.2, -0.15) is 0 Å². The van der Waals surface area contributed by atoms with Gasteiger partial charge in [0.25, 0.3) is 5.91 Å². The van der Waals surface area contributed by atoms with Gasteiger partial charge in [0.15, 0.2) is 0 Å². The lowest BCUT2D eigenvalue weighted by Gasteiger charge is -2.33. The summed E-state index contributed by atoms with van der Waals surface area (Å²) in [5.74, 6) is 0.112. The minimum atomic E-state index is -1.18. The van der Waals surface area contributed by atoms with Crippen molar-refractivity contribution >= 4 is 17.8 Å². The van der Waals surface area contributed by atoms with E-state index < -0.39 is 17.5 Å². The van der Waals surface area contributed by atoms with Gasteiger partial charge in [0.2, 0.25) is 5.91 Å². The number of nitrogens with zero attached hydrogens (tertiary/aromatic N) is 1. The molecule has 150 valence electrons. The van der Waals surface area contributed by atoms with Gasteiger partial charge in [0, 0.05) is 19.5 Å². The maximum absolute atomic E-state index is 12.8. The molecule has 2 aromatic carbocycles. The van der Waals surface area contributed by atoms with Crippen LogP contribution in [0.15, 0.2) is 60.7 Å². The Hall–Kier alpha value is -3.15. The predicted octanol–water partition coefficient (Wildman–Crippen LogP) is 2.91. The number of piperidine rings is 1. The van der Waals surface area contributed by atoms with Crippen LogP contribution in [-0.4, -0.2) is 35.8 Å². The topological polar surface area (TPSA) is 78.5 Å². The van der Waals surface area contributed by atoms with Crippen molar-refractivity contribution in [2.75, 3.05) is 13.1 Å². The Bertz CT molecular complexity index is 892. The van der Waals surface area contributed by atoms with Gasteiger partial charge in [-0.3, -0.25) is 14.9 Å². The third-order valence-corrected chi connectivity index (χ3v) is 6.04. The number of rotatable bonds is 5. The van der Waals surface area contributed by atoms with E-state index in [2.05, 4.69) is 34.9 Å². The van der Waals surface area contributed by atoms with E-state index in [9.17, 15) is 14.4 Å². The number of urea groups is 1. The van der Waals surface area contributed by atoms with Gasteiger partial charge >= 0.3 is 6.03 Å². The summed E-state index contributed by atoms with van der Waals surface area (Å²) in [6.07, 6.45) is 2.33. The summed E-state index contributed by atoms with van der Waals surface area (Å²) >= 11 is 0. The molecule has 4 amide bonds. The zero-order valence-corrected chi connectivity index (χ0v) is 16.3. The average Bonchev–Trinajstić information content (AvgIpc) is 3.07. The van der Waals surface area contributed by atoms with Crippen LogP contribution in [0.5, 0.6) is 0 Å². The fourth-order valence-electron chi connectivity index (χ4n) is 4.38. The Morgan fingerprint density at radius 1 is 0.966 bits per heavy atom. The van der Waals surface area contributed by atoms with E-state index in [0.717, 1.165) is 25.9 Å². The van der Waals surface area contributed by atoms with Crippen LogP contribution in [0, 0.1) is 0 Å². The molecule has 6 heteroatoms. The largest absolute Gasteiger partial charge is 0.343 e. The number of carbonyl (C=O) groups is 3. The lowest BCUT2D eigenvalue weighted by molar-refractivity contribution is -0.133. The Kier molecular flexibility index (Phi) is 5.34. The number of benzene rings is 2. The zero-order valence-electron chi connectivity index (χ0n) is 16.3. The molecule has 0 radical (unpaired) electrons. The molecule has 2 aliphatic heterocycles. The molecule has 0 aromatic heterocycles. The number of carbonyl (C=O) groups excluding carboxylic acids is 3. The summed E-state index contributed by atoms with van der Waals surface area (Å²) in [6, 6.07) is 19.0. The second kappa shape index (κ2) is 8.07. The van der Waals surface area contributed by atoms with E-state index in [4.69, 9.17) is 0 Å². The molecule has 2 fully saturated rings. The van der Waals surface area contributed by atoms with Gasteiger partial charge in [-0.15, -0.1) is 0 Å². The molecule has 2 aliphatic rings. The smallest absolute Gasteiger partial charge is 0.322 e. The maximum Gasteiger partial charge on any atom is 0.322 e. The van der Waals surface area contributed by atoms with E-state index in [-0.39, 0.29) is 18.7 Å². The van der Waals surface area contributed by atoms with E-state index in [0.29, 0.717) is 11.5 Å². The molecular weight excluding hydrogens is 366 g/mol. The maximum atomic E-state index is 12.8. The van der Waals surface area contributed by atoms with Crippen LogP contribution in [0.25, 0.3) is 0 Å². The fraction of sp³-hybridized carbons (Fsp3) is 0.348. The standard InChI is InChI=1S/C23H25N3O3/c27-20(26-15-12-18(13-16-26)17-7-3-1-4-8-17)11-14-23(19-9-5-2-6-10-19)21(28)24-22(29)25-23/h1-10,18H,11-16H2,(H2,24,25,28,29). The van der Waals surface area contributed by atoms with Gasteiger partial charge in [0.05, 0.1) is 0 Å². The molecule has 29 heavy (non-hydrogen) atoms. The van der Waals surface area contributed by atoms with E-state index in [1.54, 1.807) is 12.1 Å². The average molecular weight is 391 g/mol. The number of amides is 4. The first kappa shape index (κ1) is 19.2. The molecule has 6 nitrogen and oxygen atoms in total. The molecule has 4 rings (SSSR count). The molecule has 2 N–H and O–H groups in total. The molecule has 2 saturated heterocycles. The predicted molar refractivity (Wildman–Crippen MR) is 109 cm³/mol. The molecule has 1 unspecified atom stereocenters. The van der Waals surface area contributed by atoms with E-state index in [1.165, 1.54) is 5.56 Å². The van der Waals surface area contributed by atoms with Crippen LogP contribution >= 0.6 is 0 Å². The SMILES string of the molecule is O=C1NC(=O)C(CCC(=O)N2CCC(c3ccccc3)CC2)(c2ccccc2)N1. The third kappa shape index (κ3) is 3.88. The van der Waals surface area contributed by atoms with Crippen molar-refractivity contribution < 1.29 is 14.4 Å². The number of hydrogen-bond donors (Lipinski definition) is 2. The Morgan fingerprint density at radius 2 is 1.59 bits per heavy atom. The zero-order chi connectivity index (χ0) is 20.3. The molecular formula is C23H25N3O3. The van der Waals surface area contributed by atoms with Crippen LogP contribution < -0.4 is 10.6 Å². The molecule has 0 bridgehead atoms. The number of nitrogens with one attached hydrogen (secondary N) is 2. The van der Waals surface area contributed by atoms with Crippen molar-refractivity contribution in [2.24, 2.45) is 0 Å². The molecule has 2 aromatic rings. The van der Waals surface area contributed by atoms with Crippen LogP contribution in [-0.2, 0) is 15.1 Å². The molecule has 2 heterocycles. The van der Waals surface area contributed by atoms with Crippen LogP contribution in [0.1, 0.15) is 42.7 Å². The van der Waals surface area contributed by atoms with Gasteiger partial charge in [-0.1, -0.05) is 60.7 Å². The molecule has 0 aliphatic carbocycles. The van der Waals surface area contributed by atoms with Gasteiger partial charge < -0.3 is 10.2 Å². The van der Waals surface area contributed by atoms with Crippen molar-refractivity contribution in [3.05, 3.63) is 71.8 Å². The first-order valence-corrected chi connectivity index (χ1v) is 10.1. The fourth-order valence-corrected chi connectivity index (χ4v) is 4.38. The third-order valence-electron chi connectivity index (χ3n) is 6.04.